The van der Waals surface area contributed by atoms with Crippen LogP contribution in [0.3, 0.4) is 0 Å². The number of hydrogen-bond donors (Lipinski definition) is 1. The molecule has 0 unspecified atom stereocenters. The summed E-state index contributed by atoms with van der Waals surface area (Å²) in [4.78, 5) is 18.9. The molecule has 1 aliphatic rings. The minimum absolute atomic E-state index is 0.00456. The van der Waals surface area contributed by atoms with Crippen LogP contribution >= 0.6 is 39.5 Å². The number of aromatic nitrogens is 2. The number of benzene rings is 1. The van der Waals surface area contributed by atoms with E-state index < -0.39 is 0 Å². The van der Waals surface area contributed by atoms with Crippen molar-refractivity contribution >= 4 is 49.7 Å². The van der Waals surface area contributed by atoms with Crippen molar-refractivity contribution in [3.05, 3.63) is 54.3 Å². The van der Waals surface area contributed by atoms with Gasteiger partial charge in [-0.1, -0.05) is 34.8 Å². The molecule has 1 aliphatic carbocycles. The zero-order valence-corrected chi connectivity index (χ0v) is 16.3. The van der Waals surface area contributed by atoms with Crippen molar-refractivity contribution in [2.75, 3.05) is 0 Å². The smallest absolute Gasteiger partial charge is 0.267 e. The Morgan fingerprint density at radius 3 is 2.75 bits per heavy atom. The number of aromatic amines is 1. The molecule has 1 aromatic carbocycles. The zero-order chi connectivity index (χ0) is 16.7. The summed E-state index contributed by atoms with van der Waals surface area (Å²) in [7, 11) is 0. The molecule has 2 aromatic heterocycles. The van der Waals surface area contributed by atoms with Crippen LogP contribution in [0.1, 0.15) is 36.1 Å². The molecule has 2 heterocycles. The maximum Gasteiger partial charge on any atom is 0.267 e. The number of H-pyrrole nitrogens is 1. The minimum Gasteiger partial charge on any atom is -0.323 e. The van der Waals surface area contributed by atoms with Crippen LogP contribution in [0.25, 0.3) is 15.9 Å². The Morgan fingerprint density at radius 2 is 1.96 bits per heavy atom. The third-order valence-electron chi connectivity index (χ3n) is 4.58. The van der Waals surface area contributed by atoms with Crippen LogP contribution in [0.2, 0.25) is 0 Å². The number of hydrogen-bond acceptors (Lipinski definition) is 3. The van der Waals surface area contributed by atoms with E-state index in [1.165, 1.54) is 29.7 Å². The number of fused-ring (bicyclic) bond motifs is 3. The number of rotatable bonds is 1. The van der Waals surface area contributed by atoms with Crippen LogP contribution in [-0.4, -0.2) is 9.55 Å². The third kappa shape index (κ3) is 2.80. The lowest BCUT2D eigenvalue weighted by molar-refractivity contribution is 0.623. The van der Waals surface area contributed by atoms with Gasteiger partial charge in [0.1, 0.15) is 4.83 Å². The third-order valence-corrected chi connectivity index (χ3v) is 6.56. The second kappa shape index (κ2) is 6.58. The van der Waals surface area contributed by atoms with Gasteiger partial charge in [-0.2, -0.15) is 0 Å². The van der Waals surface area contributed by atoms with E-state index in [1.807, 2.05) is 24.3 Å². The van der Waals surface area contributed by atoms with E-state index in [4.69, 9.17) is 12.2 Å². The zero-order valence-electron chi connectivity index (χ0n) is 13.1. The van der Waals surface area contributed by atoms with Gasteiger partial charge in [0, 0.05) is 9.35 Å². The molecule has 6 heteroatoms. The highest BCUT2D eigenvalue weighted by atomic mass is 79.9. The Kier molecular flexibility index (Phi) is 4.45. The molecular weight excluding hydrogens is 404 g/mol. The molecule has 0 atom stereocenters. The van der Waals surface area contributed by atoms with Gasteiger partial charge in [0.15, 0.2) is 4.77 Å². The van der Waals surface area contributed by atoms with Gasteiger partial charge in [-0.05, 0) is 61.7 Å². The van der Waals surface area contributed by atoms with Crippen LogP contribution in [0.5, 0.6) is 0 Å². The van der Waals surface area contributed by atoms with Gasteiger partial charge in [-0.25, -0.2) is 0 Å². The molecule has 124 valence electrons. The lowest BCUT2D eigenvalue weighted by Crippen LogP contribution is -2.20. The first-order chi connectivity index (χ1) is 11.6. The first-order valence-corrected chi connectivity index (χ1v) is 10.2. The van der Waals surface area contributed by atoms with Crippen molar-refractivity contribution in [2.45, 2.75) is 38.5 Å². The van der Waals surface area contributed by atoms with Crippen molar-refractivity contribution in [1.29, 1.82) is 0 Å². The summed E-state index contributed by atoms with van der Waals surface area (Å²) >= 11 is 10.7. The van der Waals surface area contributed by atoms with Gasteiger partial charge < -0.3 is 4.98 Å². The van der Waals surface area contributed by atoms with E-state index in [2.05, 4.69) is 20.9 Å². The number of aryl methyl sites for hydroxylation is 2. The highest BCUT2D eigenvalue weighted by Crippen LogP contribution is 2.32. The molecular formula is C18H17BrN2OS2. The highest BCUT2D eigenvalue weighted by Gasteiger charge is 2.19. The summed E-state index contributed by atoms with van der Waals surface area (Å²) in [5, 5.41) is 0.838. The van der Waals surface area contributed by atoms with Crippen molar-refractivity contribution < 1.29 is 0 Å². The Bertz CT molecular complexity index is 1030. The van der Waals surface area contributed by atoms with Crippen LogP contribution in [0, 0.1) is 4.77 Å². The Morgan fingerprint density at radius 1 is 1.17 bits per heavy atom. The maximum absolute atomic E-state index is 13.3. The lowest BCUT2D eigenvalue weighted by Gasteiger charge is -2.10. The van der Waals surface area contributed by atoms with Crippen molar-refractivity contribution in [2.24, 2.45) is 0 Å². The van der Waals surface area contributed by atoms with Crippen LogP contribution in [0.4, 0.5) is 0 Å². The summed E-state index contributed by atoms with van der Waals surface area (Å²) in [5.41, 5.74) is 2.04. The number of nitrogens with one attached hydrogen (secondary N) is 1. The normalized spacial score (nSPS) is 15.0. The molecule has 3 nitrogen and oxygen atoms in total. The number of halogens is 1. The van der Waals surface area contributed by atoms with Crippen molar-refractivity contribution in [1.82, 2.24) is 9.55 Å². The molecule has 24 heavy (non-hydrogen) atoms. The number of nitrogens with zero attached hydrogens (tertiary/aromatic N) is 1. The lowest BCUT2D eigenvalue weighted by atomic mass is 9.98. The van der Waals surface area contributed by atoms with Gasteiger partial charge in [0.05, 0.1) is 11.1 Å². The SMILES string of the molecule is O=c1c2c3c(sc2[nH]c(=S)n1-c1cccc(Br)c1)CCCCCC3. The first-order valence-electron chi connectivity index (χ1n) is 8.20. The van der Waals surface area contributed by atoms with E-state index in [1.54, 1.807) is 15.9 Å². The molecule has 0 saturated carbocycles. The fourth-order valence-corrected chi connectivity index (χ4v) is 5.46. The molecule has 0 saturated heterocycles. The summed E-state index contributed by atoms with van der Waals surface area (Å²) < 4.78 is 3.01. The van der Waals surface area contributed by atoms with Gasteiger partial charge in [0.25, 0.3) is 5.56 Å². The van der Waals surface area contributed by atoms with E-state index in [9.17, 15) is 4.79 Å². The average Bonchev–Trinajstić information content (AvgIpc) is 2.84. The predicted octanol–water partition coefficient (Wildman–Crippen LogP) is 5.53. The average molecular weight is 421 g/mol. The Hall–Kier alpha value is -1.24. The van der Waals surface area contributed by atoms with E-state index >= 15 is 0 Å². The molecule has 0 radical (unpaired) electrons. The largest absolute Gasteiger partial charge is 0.323 e. The van der Waals surface area contributed by atoms with Gasteiger partial charge in [0.2, 0.25) is 0 Å². The Balaban J connectivity index is 2.01. The molecule has 0 amide bonds. The molecule has 0 bridgehead atoms. The summed E-state index contributed by atoms with van der Waals surface area (Å²) in [5.74, 6) is 0. The fraction of sp³-hybridized carbons (Fsp3) is 0.333. The van der Waals surface area contributed by atoms with Crippen molar-refractivity contribution in [3.8, 4) is 5.69 Å². The second-order valence-electron chi connectivity index (χ2n) is 6.17. The van der Waals surface area contributed by atoms with E-state index in [0.29, 0.717) is 4.77 Å². The molecule has 0 aliphatic heterocycles. The summed E-state index contributed by atoms with van der Waals surface area (Å²) in [6, 6.07) is 7.70. The van der Waals surface area contributed by atoms with Gasteiger partial charge in [-0.3, -0.25) is 9.36 Å². The monoisotopic (exact) mass is 420 g/mol. The standard InChI is InChI=1S/C18H17BrN2OS2/c19-11-6-5-7-12(10-11)21-17(22)15-13-8-3-1-2-4-9-14(13)24-16(15)20-18(21)23/h5-7,10H,1-4,8-9H2,(H,20,23). The topological polar surface area (TPSA) is 37.8 Å². The maximum atomic E-state index is 13.3. The fourth-order valence-electron chi connectivity index (χ4n) is 3.44. The van der Waals surface area contributed by atoms with Crippen LogP contribution in [-0.2, 0) is 12.8 Å². The van der Waals surface area contributed by atoms with Crippen LogP contribution in [0.15, 0.2) is 33.5 Å². The quantitative estimate of drug-likeness (QED) is 0.525. The Labute approximate surface area is 157 Å². The van der Waals surface area contributed by atoms with Crippen molar-refractivity contribution in [3.63, 3.8) is 0 Å². The van der Waals surface area contributed by atoms with Crippen LogP contribution < -0.4 is 5.56 Å². The van der Waals surface area contributed by atoms with E-state index in [-0.39, 0.29) is 5.56 Å². The second-order valence-corrected chi connectivity index (χ2v) is 8.58. The summed E-state index contributed by atoms with van der Waals surface area (Å²) in [6.07, 6.45) is 6.97. The van der Waals surface area contributed by atoms with Gasteiger partial charge in [-0.15, -0.1) is 11.3 Å². The first kappa shape index (κ1) is 16.2. The molecule has 0 fully saturated rings. The van der Waals surface area contributed by atoms with Gasteiger partial charge >= 0.3 is 0 Å². The molecule has 3 aromatic rings. The minimum atomic E-state index is 0.00456. The predicted molar refractivity (Wildman–Crippen MR) is 106 cm³/mol. The number of thiophene rings is 1. The molecule has 4 rings (SSSR count). The molecule has 1 N–H and O–H groups in total. The summed E-state index contributed by atoms with van der Waals surface area (Å²) in [6.45, 7) is 0. The van der Waals surface area contributed by atoms with E-state index in [0.717, 1.165) is 39.6 Å². The molecule has 0 spiro atoms. The highest BCUT2D eigenvalue weighted by molar-refractivity contribution is 9.10.